The Bertz CT molecular complexity index is 1470. The summed E-state index contributed by atoms with van der Waals surface area (Å²) in [6.07, 6.45) is 0. The number of ketones is 2. The fourth-order valence-electron chi connectivity index (χ4n) is 4.61. The van der Waals surface area contributed by atoms with Gasteiger partial charge in [-0.2, -0.15) is 0 Å². The van der Waals surface area contributed by atoms with Gasteiger partial charge in [-0.1, -0.05) is 36.4 Å². The van der Waals surface area contributed by atoms with Gasteiger partial charge in [0, 0.05) is 33.9 Å². The summed E-state index contributed by atoms with van der Waals surface area (Å²) in [6.45, 7) is 1.94. The van der Waals surface area contributed by atoms with Gasteiger partial charge in [-0.15, -0.1) is 11.3 Å². The molecule has 6 heteroatoms. The average Bonchev–Trinajstić information content (AvgIpc) is 3.17. The Balaban J connectivity index is 1.72. The van der Waals surface area contributed by atoms with Gasteiger partial charge in [-0.25, -0.2) is 9.37 Å². The van der Waals surface area contributed by atoms with Crippen LogP contribution in [0.4, 0.5) is 10.1 Å². The van der Waals surface area contributed by atoms with E-state index < -0.39 is 17.5 Å². The highest BCUT2D eigenvalue weighted by Crippen LogP contribution is 2.49. The second-order valence-electron chi connectivity index (χ2n) is 7.71. The van der Waals surface area contributed by atoms with Crippen LogP contribution in [-0.4, -0.2) is 16.6 Å². The summed E-state index contributed by atoms with van der Waals surface area (Å²) >= 11 is 1.58. The first-order valence-electron chi connectivity index (χ1n) is 9.88. The van der Waals surface area contributed by atoms with Crippen LogP contribution in [0.5, 0.6) is 0 Å². The van der Waals surface area contributed by atoms with Gasteiger partial charge in [0.1, 0.15) is 5.82 Å². The molecule has 1 atom stereocenters. The highest BCUT2D eigenvalue weighted by Gasteiger charge is 2.42. The predicted molar refractivity (Wildman–Crippen MR) is 119 cm³/mol. The Morgan fingerprint density at radius 3 is 2.45 bits per heavy atom. The molecule has 31 heavy (non-hydrogen) atoms. The molecule has 0 bridgehead atoms. The Labute approximate surface area is 181 Å². The van der Waals surface area contributed by atoms with E-state index in [1.807, 2.05) is 31.2 Å². The zero-order chi connectivity index (χ0) is 21.3. The van der Waals surface area contributed by atoms with Crippen LogP contribution in [-0.2, 0) is 4.79 Å². The summed E-state index contributed by atoms with van der Waals surface area (Å²) in [5.74, 6) is -1.94. The molecule has 3 aromatic carbocycles. The maximum Gasteiger partial charge on any atom is 0.233 e. The first-order valence-corrected chi connectivity index (χ1v) is 10.7. The van der Waals surface area contributed by atoms with Crippen LogP contribution in [0.15, 0.2) is 66.2 Å². The van der Waals surface area contributed by atoms with Crippen LogP contribution in [0.25, 0.3) is 15.9 Å². The lowest BCUT2D eigenvalue weighted by Gasteiger charge is -2.34. The van der Waals surface area contributed by atoms with Gasteiger partial charge in [-0.3, -0.25) is 9.59 Å². The number of hydrogen-bond donors (Lipinski definition) is 1. The number of aromatic nitrogens is 1. The molecule has 4 nitrogen and oxygen atoms in total. The van der Waals surface area contributed by atoms with Crippen molar-refractivity contribution in [1.29, 1.82) is 0 Å². The van der Waals surface area contributed by atoms with Crippen LogP contribution in [0.3, 0.4) is 0 Å². The summed E-state index contributed by atoms with van der Waals surface area (Å²) in [7, 11) is 0. The first-order chi connectivity index (χ1) is 15.0. The Kier molecular flexibility index (Phi) is 3.76. The van der Waals surface area contributed by atoms with Crippen molar-refractivity contribution in [2.45, 2.75) is 12.8 Å². The predicted octanol–water partition coefficient (Wildman–Crippen LogP) is 5.48. The molecule has 0 fully saturated rings. The molecule has 1 unspecified atom stereocenters. The van der Waals surface area contributed by atoms with Gasteiger partial charge >= 0.3 is 0 Å². The van der Waals surface area contributed by atoms with Crippen molar-refractivity contribution in [3.63, 3.8) is 0 Å². The van der Waals surface area contributed by atoms with Gasteiger partial charge in [-0.05, 0) is 36.8 Å². The number of anilines is 1. The summed E-state index contributed by atoms with van der Waals surface area (Å²) < 4.78 is 14.7. The van der Waals surface area contributed by atoms with E-state index >= 15 is 0 Å². The molecule has 150 valence electrons. The quantitative estimate of drug-likeness (QED) is 0.410. The Hall–Kier alpha value is -3.64. The van der Waals surface area contributed by atoms with Crippen molar-refractivity contribution >= 4 is 44.5 Å². The van der Waals surface area contributed by atoms with Crippen molar-refractivity contribution in [3.8, 4) is 0 Å². The summed E-state index contributed by atoms with van der Waals surface area (Å²) in [5.41, 5.74) is 5.34. The van der Waals surface area contributed by atoms with E-state index in [1.54, 1.807) is 35.6 Å². The van der Waals surface area contributed by atoms with Crippen molar-refractivity contribution in [1.82, 2.24) is 4.98 Å². The number of nitrogens with one attached hydrogen (secondary N) is 1. The molecule has 4 aromatic rings. The molecular formula is C25H15FN2O2S. The number of rotatable bonds is 1. The van der Waals surface area contributed by atoms with E-state index in [4.69, 9.17) is 4.98 Å². The lowest BCUT2D eigenvalue weighted by molar-refractivity contribution is -0.112. The topological polar surface area (TPSA) is 59.1 Å². The normalized spacial score (nSPS) is 17.3. The van der Waals surface area contributed by atoms with Crippen LogP contribution >= 0.6 is 11.3 Å². The highest BCUT2D eigenvalue weighted by molar-refractivity contribution is 7.18. The molecule has 0 amide bonds. The molecular weight excluding hydrogens is 411 g/mol. The van der Waals surface area contributed by atoms with Gasteiger partial charge in [0.05, 0.1) is 20.9 Å². The standard InChI is InChI=1S/C25H15FN2O2S/c1-12-27-23-18(31-12)11-10-17-20(23)19(13-6-8-14(26)9-7-13)21-22(28-17)15-4-2-3-5-16(15)24(29)25(21)30/h2-11,19,28H,1H3. The number of fused-ring (bicyclic) bond motifs is 5. The number of carbonyl (C=O) groups is 2. The number of allylic oxidation sites excluding steroid dienone is 1. The first kappa shape index (κ1) is 18.2. The van der Waals surface area contributed by atoms with Gasteiger partial charge in [0.15, 0.2) is 0 Å². The maximum absolute atomic E-state index is 13.7. The number of halogens is 1. The highest BCUT2D eigenvalue weighted by atomic mass is 32.1. The Morgan fingerprint density at radius 1 is 0.935 bits per heavy atom. The van der Waals surface area contributed by atoms with Crippen molar-refractivity contribution in [3.05, 3.63) is 99.3 Å². The summed E-state index contributed by atoms with van der Waals surface area (Å²) in [4.78, 5) is 31.1. The fraction of sp³-hybridized carbons (Fsp3) is 0.0800. The molecule has 2 heterocycles. The Morgan fingerprint density at radius 2 is 1.68 bits per heavy atom. The SMILES string of the molecule is Cc1nc2c3c(ccc2s1)NC1=C(C(=O)C(=O)c2ccccc21)C3c1ccc(F)cc1. The third kappa shape index (κ3) is 2.55. The van der Waals surface area contributed by atoms with Gasteiger partial charge < -0.3 is 5.32 Å². The van der Waals surface area contributed by atoms with Crippen LogP contribution < -0.4 is 5.32 Å². The monoisotopic (exact) mass is 426 g/mol. The molecule has 1 N–H and O–H groups in total. The molecule has 2 aliphatic rings. The smallest absolute Gasteiger partial charge is 0.233 e. The van der Waals surface area contributed by atoms with Crippen molar-refractivity contribution in [2.24, 2.45) is 0 Å². The van der Waals surface area contributed by atoms with E-state index in [2.05, 4.69) is 5.32 Å². The third-order valence-electron chi connectivity index (χ3n) is 5.91. The summed E-state index contributed by atoms with van der Waals surface area (Å²) in [5, 5.41) is 4.33. The van der Waals surface area contributed by atoms with E-state index in [9.17, 15) is 14.0 Å². The van der Waals surface area contributed by atoms with Gasteiger partial charge in [0.25, 0.3) is 0 Å². The fourth-order valence-corrected chi connectivity index (χ4v) is 5.45. The molecule has 1 aliphatic carbocycles. The second kappa shape index (κ2) is 6.43. The summed E-state index contributed by atoms with van der Waals surface area (Å²) in [6, 6.07) is 17.2. The number of hydrogen-bond acceptors (Lipinski definition) is 5. The molecule has 0 spiro atoms. The van der Waals surface area contributed by atoms with E-state index in [0.717, 1.165) is 32.0 Å². The van der Waals surface area contributed by atoms with Crippen LogP contribution in [0.1, 0.15) is 38.0 Å². The molecule has 1 aromatic heterocycles. The number of benzene rings is 3. The third-order valence-corrected chi connectivity index (χ3v) is 6.84. The van der Waals surface area contributed by atoms with E-state index in [0.29, 0.717) is 22.4 Å². The number of thiazole rings is 1. The van der Waals surface area contributed by atoms with Crippen molar-refractivity contribution in [2.75, 3.05) is 5.32 Å². The molecule has 0 saturated carbocycles. The zero-order valence-corrected chi connectivity index (χ0v) is 17.2. The zero-order valence-electron chi connectivity index (χ0n) is 16.4. The number of aryl methyl sites for hydroxylation is 1. The number of carbonyl (C=O) groups excluding carboxylic acids is 2. The lowest BCUT2D eigenvalue weighted by atomic mass is 9.73. The maximum atomic E-state index is 13.7. The lowest BCUT2D eigenvalue weighted by Crippen LogP contribution is -2.32. The van der Waals surface area contributed by atoms with E-state index in [1.165, 1.54) is 12.1 Å². The minimum atomic E-state index is -0.537. The van der Waals surface area contributed by atoms with Crippen LogP contribution in [0, 0.1) is 12.7 Å². The largest absolute Gasteiger partial charge is 0.354 e. The molecule has 0 saturated heterocycles. The number of Topliss-reactive ketones (excluding diaryl/α,β-unsaturated/α-hetero) is 2. The molecule has 6 rings (SSSR count). The minimum absolute atomic E-state index is 0.355. The van der Waals surface area contributed by atoms with Gasteiger partial charge in [0.2, 0.25) is 11.6 Å². The minimum Gasteiger partial charge on any atom is -0.354 e. The van der Waals surface area contributed by atoms with Crippen LogP contribution in [0.2, 0.25) is 0 Å². The number of nitrogens with zero attached hydrogens (tertiary/aromatic N) is 1. The van der Waals surface area contributed by atoms with E-state index in [-0.39, 0.29) is 5.82 Å². The van der Waals surface area contributed by atoms with Crippen molar-refractivity contribution < 1.29 is 14.0 Å². The molecule has 0 radical (unpaired) electrons. The second-order valence-corrected chi connectivity index (χ2v) is 8.94. The average molecular weight is 426 g/mol. The molecule has 1 aliphatic heterocycles.